The summed E-state index contributed by atoms with van der Waals surface area (Å²) in [5.41, 5.74) is 3.74. The summed E-state index contributed by atoms with van der Waals surface area (Å²) in [6.45, 7) is 2.54. The maximum Gasteiger partial charge on any atom is 0.234 e. The fourth-order valence-electron chi connectivity index (χ4n) is 3.26. The number of rotatable bonds is 9. The summed E-state index contributed by atoms with van der Waals surface area (Å²) in [7, 11) is 1.53. The predicted molar refractivity (Wildman–Crippen MR) is 137 cm³/mol. The van der Waals surface area contributed by atoms with Crippen LogP contribution in [0.25, 0.3) is 5.69 Å². The Labute approximate surface area is 207 Å². The molecule has 0 aliphatic heterocycles. The molecule has 7 nitrogen and oxygen atoms in total. The van der Waals surface area contributed by atoms with Crippen molar-refractivity contribution in [3.05, 3.63) is 89.2 Å². The van der Waals surface area contributed by atoms with Gasteiger partial charge in [-0.25, -0.2) is 0 Å². The lowest BCUT2D eigenvalue weighted by atomic mass is 10.2. The number of aryl methyl sites for hydroxylation is 1. The van der Waals surface area contributed by atoms with Gasteiger partial charge in [-0.1, -0.05) is 59.3 Å². The van der Waals surface area contributed by atoms with Gasteiger partial charge in [0.05, 0.1) is 24.4 Å². The number of ether oxygens (including phenoxy) is 1. The Bertz CT molecular complexity index is 1260. The summed E-state index contributed by atoms with van der Waals surface area (Å²) >= 11 is 7.38. The van der Waals surface area contributed by atoms with Gasteiger partial charge in [-0.15, -0.1) is 10.2 Å². The minimum atomic E-state index is -0.170. The third-order valence-electron chi connectivity index (χ3n) is 4.98. The van der Waals surface area contributed by atoms with E-state index in [1.165, 1.54) is 24.4 Å². The van der Waals surface area contributed by atoms with Gasteiger partial charge in [0.15, 0.2) is 11.0 Å². The number of hydrogen-bond donors (Lipinski definition) is 2. The summed E-state index contributed by atoms with van der Waals surface area (Å²) in [5.74, 6) is 1.25. The summed E-state index contributed by atoms with van der Waals surface area (Å²) in [6.07, 6.45) is 0. The van der Waals surface area contributed by atoms with Crippen LogP contribution < -0.4 is 15.4 Å². The minimum Gasteiger partial charge on any atom is -0.495 e. The molecule has 0 fully saturated rings. The highest BCUT2D eigenvalue weighted by Gasteiger charge is 2.16. The molecule has 1 amide bonds. The molecule has 1 aromatic heterocycles. The van der Waals surface area contributed by atoms with E-state index in [-0.39, 0.29) is 11.7 Å². The van der Waals surface area contributed by atoms with Crippen molar-refractivity contribution in [2.45, 2.75) is 18.6 Å². The zero-order valence-electron chi connectivity index (χ0n) is 18.8. The summed E-state index contributed by atoms with van der Waals surface area (Å²) in [5, 5.41) is 16.1. The van der Waals surface area contributed by atoms with Crippen LogP contribution in [0.5, 0.6) is 5.75 Å². The van der Waals surface area contributed by atoms with Gasteiger partial charge in [-0.05, 0) is 43.3 Å². The maximum absolute atomic E-state index is 12.6. The van der Waals surface area contributed by atoms with Gasteiger partial charge in [0, 0.05) is 23.1 Å². The predicted octanol–water partition coefficient (Wildman–Crippen LogP) is 5.58. The first kappa shape index (κ1) is 23.7. The lowest BCUT2D eigenvalue weighted by Crippen LogP contribution is -2.15. The summed E-state index contributed by atoms with van der Waals surface area (Å²) in [6, 6.07) is 23.1. The molecule has 174 valence electrons. The van der Waals surface area contributed by atoms with Gasteiger partial charge in [0.25, 0.3) is 0 Å². The van der Waals surface area contributed by atoms with Crippen molar-refractivity contribution in [3.8, 4) is 11.4 Å². The van der Waals surface area contributed by atoms with Crippen LogP contribution in [0.3, 0.4) is 0 Å². The highest BCUT2D eigenvalue weighted by molar-refractivity contribution is 7.99. The second-order valence-electron chi connectivity index (χ2n) is 7.48. The zero-order chi connectivity index (χ0) is 23.9. The molecule has 1 heterocycles. The smallest absolute Gasteiger partial charge is 0.234 e. The fourth-order valence-corrected chi connectivity index (χ4v) is 4.23. The number of benzene rings is 3. The van der Waals surface area contributed by atoms with Crippen molar-refractivity contribution in [1.29, 1.82) is 0 Å². The topological polar surface area (TPSA) is 81.1 Å². The lowest BCUT2D eigenvalue weighted by Gasteiger charge is -2.12. The molecule has 9 heteroatoms. The molecule has 0 spiro atoms. The molecule has 4 aromatic rings. The standard InChI is InChI=1S/C25H24ClN5O2S/c1-17-8-10-18(11-9-17)27-15-23-29-30-25(31(23)20-6-4-3-5-7-20)34-16-24(32)28-19-12-13-21(26)22(14-19)33-2/h3-14,27H,15-16H2,1-2H3,(H,28,32). The molecule has 0 bridgehead atoms. The van der Waals surface area contributed by atoms with Gasteiger partial charge in [-0.2, -0.15) is 0 Å². The van der Waals surface area contributed by atoms with Crippen LogP contribution in [0, 0.1) is 6.92 Å². The molecule has 0 radical (unpaired) electrons. The number of hydrogen-bond acceptors (Lipinski definition) is 6. The number of para-hydroxylation sites is 1. The van der Waals surface area contributed by atoms with Crippen molar-refractivity contribution in [2.24, 2.45) is 0 Å². The first-order valence-electron chi connectivity index (χ1n) is 10.6. The maximum atomic E-state index is 12.6. The van der Waals surface area contributed by atoms with Crippen LogP contribution >= 0.6 is 23.4 Å². The van der Waals surface area contributed by atoms with Gasteiger partial charge in [0.1, 0.15) is 5.75 Å². The molecule has 34 heavy (non-hydrogen) atoms. The van der Waals surface area contributed by atoms with E-state index in [0.29, 0.717) is 28.2 Å². The highest BCUT2D eigenvalue weighted by Crippen LogP contribution is 2.28. The van der Waals surface area contributed by atoms with E-state index in [9.17, 15) is 4.79 Å². The number of thioether (sulfide) groups is 1. The van der Waals surface area contributed by atoms with Crippen molar-refractivity contribution >= 4 is 40.6 Å². The lowest BCUT2D eigenvalue weighted by molar-refractivity contribution is -0.113. The molecule has 0 aliphatic carbocycles. The molecule has 0 aliphatic rings. The van der Waals surface area contributed by atoms with Crippen LogP contribution in [0.1, 0.15) is 11.4 Å². The van der Waals surface area contributed by atoms with E-state index < -0.39 is 0 Å². The third-order valence-corrected chi connectivity index (χ3v) is 6.23. The molecular weight excluding hydrogens is 470 g/mol. The molecule has 4 rings (SSSR count). The monoisotopic (exact) mass is 493 g/mol. The largest absolute Gasteiger partial charge is 0.495 e. The van der Waals surface area contributed by atoms with E-state index in [0.717, 1.165) is 17.2 Å². The second kappa shape index (κ2) is 11.1. The van der Waals surface area contributed by atoms with Crippen LogP contribution in [-0.2, 0) is 11.3 Å². The third kappa shape index (κ3) is 5.89. The summed E-state index contributed by atoms with van der Waals surface area (Å²) in [4.78, 5) is 12.6. The number of carbonyl (C=O) groups excluding carboxylic acids is 1. The first-order valence-corrected chi connectivity index (χ1v) is 12.0. The van der Waals surface area contributed by atoms with E-state index in [1.54, 1.807) is 18.2 Å². The zero-order valence-corrected chi connectivity index (χ0v) is 20.4. The second-order valence-corrected chi connectivity index (χ2v) is 8.83. The summed E-state index contributed by atoms with van der Waals surface area (Å²) < 4.78 is 7.17. The fraction of sp³-hybridized carbons (Fsp3) is 0.160. The van der Waals surface area contributed by atoms with Crippen molar-refractivity contribution in [3.63, 3.8) is 0 Å². The molecule has 0 saturated heterocycles. The Morgan fingerprint density at radius 2 is 1.76 bits per heavy atom. The molecule has 3 aromatic carbocycles. The van der Waals surface area contributed by atoms with Crippen molar-refractivity contribution in [2.75, 3.05) is 23.5 Å². The van der Waals surface area contributed by atoms with E-state index in [2.05, 4.69) is 39.9 Å². The number of amides is 1. The first-order chi connectivity index (χ1) is 16.5. The van der Waals surface area contributed by atoms with Crippen molar-refractivity contribution < 1.29 is 9.53 Å². The average molecular weight is 494 g/mol. The quantitative estimate of drug-likeness (QED) is 0.296. The van der Waals surface area contributed by atoms with Gasteiger partial charge in [-0.3, -0.25) is 9.36 Å². The van der Waals surface area contributed by atoms with Gasteiger partial charge < -0.3 is 15.4 Å². The van der Waals surface area contributed by atoms with Crippen LogP contribution in [0.15, 0.2) is 78.0 Å². The highest BCUT2D eigenvalue weighted by atomic mass is 35.5. The Morgan fingerprint density at radius 1 is 1.03 bits per heavy atom. The number of halogens is 1. The number of carbonyl (C=O) groups is 1. The van der Waals surface area contributed by atoms with Gasteiger partial charge >= 0.3 is 0 Å². The minimum absolute atomic E-state index is 0.168. The molecule has 0 unspecified atom stereocenters. The van der Waals surface area contributed by atoms with E-state index >= 15 is 0 Å². The average Bonchev–Trinajstić information content (AvgIpc) is 3.27. The number of nitrogens with zero attached hydrogens (tertiary/aromatic N) is 3. The molecule has 0 atom stereocenters. The Kier molecular flexibility index (Phi) is 7.72. The van der Waals surface area contributed by atoms with Crippen LogP contribution in [0.2, 0.25) is 5.02 Å². The Hall–Kier alpha value is -3.49. The number of methoxy groups -OCH3 is 1. The Morgan fingerprint density at radius 3 is 2.50 bits per heavy atom. The molecule has 2 N–H and O–H groups in total. The molecule has 0 saturated carbocycles. The Balaban J connectivity index is 1.47. The van der Waals surface area contributed by atoms with Crippen LogP contribution in [0.4, 0.5) is 11.4 Å². The van der Waals surface area contributed by atoms with Crippen LogP contribution in [-0.4, -0.2) is 33.5 Å². The number of anilines is 2. The van der Waals surface area contributed by atoms with E-state index in [1.807, 2.05) is 47.0 Å². The van der Waals surface area contributed by atoms with Crippen molar-refractivity contribution in [1.82, 2.24) is 14.8 Å². The van der Waals surface area contributed by atoms with E-state index in [4.69, 9.17) is 16.3 Å². The number of nitrogens with one attached hydrogen (secondary N) is 2. The molecular formula is C25H24ClN5O2S. The van der Waals surface area contributed by atoms with Gasteiger partial charge in [0.2, 0.25) is 5.91 Å². The normalized spacial score (nSPS) is 10.7. The number of aromatic nitrogens is 3. The SMILES string of the molecule is COc1cc(NC(=O)CSc2nnc(CNc3ccc(C)cc3)n2-c2ccccc2)ccc1Cl.